The summed E-state index contributed by atoms with van der Waals surface area (Å²) in [5.74, 6) is -2.10. The molecule has 1 N–H and O–H groups in total. The number of ketones is 1. The van der Waals surface area contributed by atoms with Crippen LogP contribution >= 0.6 is 0 Å². The maximum absolute atomic E-state index is 13.2. The van der Waals surface area contributed by atoms with Gasteiger partial charge < -0.3 is 14.9 Å². The molecule has 1 saturated heterocycles. The van der Waals surface area contributed by atoms with Crippen molar-refractivity contribution >= 4 is 28.8 Å². The Kier molecular flexibility index (Phi) is 10.3. The van der Waals surface area contributed by atoms with Crippen LogP contribution in [0.2, 0.25) is 0 Å². The number of hydrogen-bond acceptors (Lipinski definition) is 8. The van der Waals surface area contributed by atoms with Crippen LogP contribution in [0.5, 0.6) is 0 Å². The molecule has 1 aliphatic rings. The Morgan fingerprint density at radius 1 is 0.846 bits per heavy atom. The molecule has 0 saturated carbocycles. The number of aliphatic hydroxyl groups is 1. The molecular weight excluding hydrogens is 504 g/mol. The molecule has 1 fully saturated rings. The maximum atomic E-state index is 13.2. The number of nitro benzene ring substituents is 2. The summed E-state index contributed by atoms with van der Waals surface area (Å²) in [5, 5.41) is 33.3. The van der Waals surface area contributed by atoms with E-state index in [4.69, 9.17) is 0 Å². The molecular formula is C28H34N4O7. The fourth-order valence-electron chi connectivity index (χ4n) is 4.70. The highest BCUT2D eigenvalue weighted by molar-refractivity contribution is 6.46. The summed E-state index contributed by atoms with van der Waals surface area (Å²) in [6.07, 6.45) is 4.86. The van der Waals surface area contributed by atoms with E-state index in [1.54, 1.807) is 0 Å². The largest absolute Gasteiger partial charge is 0.507 e. The van der Waals surface area contributed by atoms with Crippen molar-refractivity contribution in [3.8, 4) is 0 Å². The Morgan fingerprint density at radius 3 is 1.82 bits per heavy atom. The fraction of sp³-hybridized carbons (Fsp3) is 0.429. The predicted molar refractivity (Wildman–Crippen MR) is 146 cm³/mol. The molecule has 0 aliphatic carbocycles. The SMILES string of the molecule is CCCCN(CCCC)CCCN1C(=O)C(=O)C(=C(O)c2ccc([N+](=O)[O-])cc2)[C@H]1c1ccc([N+](=O)[O-])cc1. The third kappa shape index (κ3) is 7.05. The summed E-state index contributed by atoms with van der Waals surface area (Å²) in [5.41, 5.74) is 0.104. The van der Waals surface area contributed by atoms with Gasteiger partial charge >= 0.3 is 0 Å². The molecule has 0 unspecified atom stereocenters. The lowest BCUT2D eigenvalue weighted by Gasteiger charge is -2.27. The van der Waals surface area contributed by atoms with Crippen molar-refractivity contribution in [3.05, 3.63) is 85.5 Å². The standard InChI is InChI=1S/C28H34N4O7/c1-3-5-16-29(17-6-4-2)18-7-19-30-25(20-8-12-22(13-9-20)31(36)37)24(27(34)28(30)35)26(33)21-10-14-23(15-11-21)32(38)39/h8-15,25,33H,3-7,16-19H2,1-2H3/t25-/m1/s1. The van der Waals surface area contributed by atoms with E-state index in [1.165, 1.54) is 53.4 Å². The molecule has 3 rings (SSSR count). The van der Waals surface area contributed by atoms with Crippen molar-refractivity contribution < 1.29 is 24.5 Å². The maximum Gasteiger partial charge on any atom is 0.295 e. The second-order valence-electron chi connectivity index (χ2n) is 9.55. The number of Topliss-reactive ketones (excluding diaryl/α,β-unsaturated/α-hetero) is 1. The zero-order valence-electron chi connectivity index (χ0n) is 22.2. The van der Waals surface area contributed by atoms with Crippen LogP contribution in [0.15, 0.2) is 54.1 Å². The van der Waals surface area contributed by atoms with Gasteiger partial charge in [0, 0.05) is 36.4 Å². The van der Waals surface area contributed by atoms with E-state index in [-0.39, 0.29) is 29.1 Å². The minimum atomic E-state index is -0.958. The van der Waals surface area contributed by atoms with Gasteiger partial charge in [-0.05, 0) is 68.7 Å². The first-order valence-electron chi connectivity index (χ1n) is 13.2. The molecule has 0 bridgehead atoms. The molecule has 2 aromatic rings. The Balaban J connectivity index is 1.96. The van der Waals surface area contributed by atoms with Crippen molar-refractivity contribution in [2.45, 2.75) is 52.0 Å². The lowest BCUT2D eigenvalue weighted by Crippen LogP contribution is -2.34. The van der Waals surface area contributed by atoms with Gasteiger partial charge in [-0.15, -0.1) is 0 Å². The minimum absolute atomic E-state index is 0.145. The van der Waals surface area contributed by atoms with Crippen LogP contribution in [-0.2, 0) is 9.59 Å². The Labute approximate surface area is 227 Å². The van der Waals surface area contributed by atoms with Crippen molar-refractivity contribution in [1.82, 2.24) is 9.80 Å². The minimum Gasteiger partial charge on any atom is -0.507 e. The number of likely N-dealkylation sites (tertiary alicyclic amines) is 1. The molecule has 11 nitrogen and oxygen atoms in total. The molecule has 0 spiro atoms. The van der Waals surface area contributed by atoms with Crippen LogP contribution in [0.4, 0.5) is 11.4 Å². The number of nitro groups is 2. The van der Waals surface area contributed by atoms with E-state index in [0.29, 0.717) is 12.0 Å². The number of carbonyl (C=O) groups is 2. The van der Waals surface area contributed by atoms with Crippen LogP contribution in [0.25, 0.3) is 5.76 Å². The van der Waals surface area contributed by atoms with Gasteiger partial charge in [0.25, 0.3) is 23.1 Å². The zero-order valence-corrected chi connectivity index (χ0v) is 22.2. The highest BCUT2D eigenvalue weighted by atomic mass is 16.6. The molecule has 208 valence electrons. The predicted octanol–water partition coefficient (Wildman–Crippen LogP) is 5.22. The lowest BCUT2D eigenvalue weighted by molar-refractivity contribution is -0.385. The molecule has 0 aromatic heterocycles. The quantitative estimate of drug-likeness (QED) is 0.113. The number of amides is 1. The normalized spacial score (nSPS) is 16.7. The summed E-state index contributed by atoms with van der Waals surface area (Å²) in [6.45, 7) is 7.14. The molecule has 1 aliphatic heterocycles. The Bertz CT molecular complexity index is 1220. The number of rotatable bonds is 14. The van der Waals surface area contributed by atoms with Crippen molar-refractivity contribution in [2.75, 3.05) is 26.2 Å². The smallest absolute Gasteiger partial charge is 0.295 e. The summed E-state index contributed by atoms with van der Waals surface area (Å²) in [7, 11) is 0. The second-order valence-corrected chi connectivity index (χ2v) is 9.55. The topological polar surface area (TPSA) is 147 Å². The van der Waals surface area contributed by atoms with E-state index in [9.17, 15) is 34.9 Å². The lowest BCUT2D eigenvalue weighted by atomic mass is 9.95. The third-order valence-electron chi connectivity index (χ3n) is 6.84. The van der Waals surface area contributed by atoms with Crippen LogP contribution in [-0.4, -0.2) is 62.6 Å². The zero-order chi connectivity index (χ0) is 28.5. The Morgan fingerprint density at radius 2 is 1.33 bits per heavy atom. The third-order valence-corrected chi connectivity index (χ3v) is 6.84. The first-order valence-corrected chi connectivity index (χ1v) is 13.2. The van der Waals surface area contributed by atoms with Crippen LogP contribution in [0.1, 0.15) is 63.1 Å². The first-order chi connectivity index (χ1) is 18.7. The summed E-state index contributed by atoms with van der Waals surface area (Å²) in [6, 6.07) is 9.59. The van der Waals surface area contributed by atoms with Gasteiger partial charge in [-0.25, -0.2) is 0 Å². The number of benzene rings is 2. The van der Waals surface area contributed by atoms with Crippen LogP contribution in [0.3, 0.4) is 0 Å². The Hall–Kier alpha value is -4.12. The van der Waals surface area contributed by atoms with Gasteiger partial charge in [0.15, 0.2) is 0 Å². The molecule has 11 heteroatoms. The number of aliphatic hydroxyl groups excluding tert-OH is 1. The second kappa shape index (κ2) is 13.6. The number of unbranched alkanes of at least 4 members (excludes halogenated alkanes) is 2. The summed E-state index contributed by atoms with van der Waals surface area (Å²) >= 11 is 0. The fourth-order valence-corrected chi connectivity index (χ4v) is 4.70. The van der Waals surface area contributed by atoms with Gasteiger partial charge in [-0.2, -0.15) is 0 Å². The van der Waals surface area contributed by atoms with Crippen LogP contribution < -0.4 is 0 Å². The van der Waals surface area contributed by atoms with E-state index < -0.39 is 33.3 Å². The van der Waals surface area contributed by atoms with Crippen LogP contribution in [0, 0.1) is 20.2 Å². The average Bonchev–Trinajstić information content (AvgIpc) is 3.18. The monoisotopic (exact) mass is 538 g/mol. The van der Waals surface area contributed by atoms with Gasteiger partial charge in [0.2, 0.25) is 0 Å². The molecule has 39 heavy (non-hydrogen) atoms. The van der Waals surface area contributed by atoms with Crippen molar-refractivity contribution in [2.24, 2.45) is 0 Å². The van der Waals surface area contributed by atoms with E-state index in [2.05, 4.69) is 18.7 Å². The first kappa shape index (κ1) is 29.4. The molecule has 0 radical (unpaired) electrons. The van der Waals surface area contributed by atoms with Crippen molar-refractivity contribution in [3.63, 3.8) is 0 Å². The molecule has 2 aromatic carbocycles. The highest BCUT2D eigenvalue weighted by Gasteiger charge is 2.46. The average molecular weight is 539 g/mol. The number of carbonyl (C=O) groups excluding carboxylic acids is 2. The number of nitrogens with zero attached hydrogens (tertiary/aromatic N) is 4. The number of hydrogen-bond donors (Lipinski definition) is 1. The van der Waals surface area contributed by atoms with Gasteiger partial charge in [0.05, 0.1) is 21.5 Å². The molecule has 1 heterocycles. The summed E-state index contributed by atoms with van der Waals surface area (Å²) in [4.78, 5) is 51.2. The van der Waals surface area contributed by atoms with Gasteiger partial charge in [0.1, 0.15) is 5.76 Å². The van der Waals surface area contributed by atoms with E-state index >= 15 is 0 Å². The van der Waals surface area contributed by atoms with Gasteiger partial charge in [-0.1, -0.05) is 26.7 Å². The van der Waals surface area contributed by atoms with Crippen molar-refractivity contribution in [1.29, 1.82) is 0 Å². The highest BCUT2D eigenvalue weighted by Crippen LogP contribution is 2.40. The van der Waals surface area contributed by atoms with E-state index in [0.717, 1.165) is 45.3 Å². The van der Waals surface area contributed by atoms with Gasteiger partial charge in [-0.3, -0.25) is 29.8 Å². The molecule has 1 amide bonds. The molecule has 1 atom stereocenters. The summed E-state index contributed by atoms with van der Waals surface area (Å²) < 4.78 is 0. The number of non-ortho nitro benzene ring substituents is 2. The van der Waals surface area contributed by atoms with E-state index in [1.807, 2.05) is 0 Å².